The lowest BCUT2D eigenvalue weighted by Crippen LogP contribution is -2.62. The van der Waals surface area contributed by atoms with Crippen LogP contribution in [0.25, 0.3) is 0 Å². The number of aromatic nitrogens is 2. The van der Waals surface area contributed by atoms with Crippen molar-refractivity contribution in [1.29, 1.82) is 10.8 Å². The zero-order valence-corrected chi connectivity index (χ0v) is 77.8. The van der Waals surface area contributed by atoms with Gasteiger partial charge in [-0.25, -0.2) is 4.98 Å². The second kappa shape index (κ2) is 67.2. The van der Waals surface area contributed by atoms with Gasteiger partial charge in [-0.15, -0.1) is 0 Å². The first kappa shape index (κ1) is 116. The fourth-order valence-corrected chi connectivity index (χ4v) is 14.4. The standard InChI is InChI=1S/C86H151N25O19S/c1-7-8-9-10-11-12-13-14-15-16-17-18-19-33-69(115)100-58(28-20-23-39-87)75(121)102-59(29-21-24-40-88)74(120)99-53(4)73(119)101-61(31-26-42-96-85(91)92)78(124)110-68(50-112)83(129)105-63(38-44-131-6)79(125)111-71(54(5)113)84(130)109-67(48-70(116)117)82(128)103-60(30-22-25-41-89)76(122)108-66(46-55-34-36-57(114)37-35-55)81(127)104-62(32-27-43-97-86(93)94)77(123)107-65(45-52(2)3)80(126)106-64(72(90)118)47-56-49-95-51-98-56/h34-37,49,51-54,58-68,71,112-114H,7-33,38-48,50,87-89H2,1-6H3,(H2,90,118)(H,95,98)(H,99,120)(H,100,115)(H,101,119)(H,102,121)(H,103,128)(H,104,127)(H,105,129)(H,106,126)(H,107,123)(H,108,122)(H,109,130)(H,110,124)(H,111,125)(H,116,117)(H4,91,92,96)(H4,93,94,97)/t53-,54+,58-,59-,60-,61-,62-,63-,64-,65-,66-,67-,68+,71-/m0/s1. The van der Waals surface area contributed by atoms with Gasteiger partial charge in [-0.1, -0.05) is 110 Å². The SMILES string of the molecule is CCCCCCCCCCCCCCCC(=O)N[C@@H](CCCCN)C(=O)N[C@@H](CCCCN)C(=O)N[C@@H](C)C(=O)N[C@@H](CCCNC(=N)N)C(=O)N[C@H](CO)C(=O)N[C@@H](CCSC)C(=O)N[C@H](C(=O)N[C@@H](CC(=O)O)C(=O)N[C@@H](CCCCN)C(=O)N[C@@H](Cc1ccc(O)cc1)C(=O)N[C@@H](CCCNC(=N)N)C(=O)N[C@@H](CC(C)C)C(=O)N[C@@H](Cc1c[nH]cn1)C(N)=O)[C@@H](C)O. The first-order valence-electron chi connectivity index (χ1n) is 45.7. The van der Waals surface area contributed by atoms with Crippen molar-refractivity contribution in [2.45, 2.75) is 325 Å². The number of phenols is 1. The van der Waals surface area contributed by atoms with Gasteiger partial charge in [0.15, 0.2) is 11.9 Å². The molecule has 0 aliphatic heterocycles. The number of nitrogens with zero attached hydrogens (tertiary/aromatic N) is 1. The summed E-state index contributed by atoms with van der Waals surface area (Å²) in [6, 6.07) is -14.8. The Labute approximate surface area is 771 Å². The molecule has 1 heterocycles. The number of aliphatic hydroxyl groups is 2. The van der Waals surface area contributed by atoms with Crippen molar-refractivity contribution < 1.29 is 92.3 Å². The van der Waals surface area contributed by atoms with Crippen molar-refractivity contribution >= 4 is 112 Å². The van der Waals surface area contributed by atoms with Crippen LogP contribution in [-0.4, -0.2) is 267 Å². The number of aromatic hydroxyl groups is 1. The van der Waals surface area contributed by atoms with Crippen LogP contribution in [-0.2, 0) is 84.8 Å². The van der Waals surface area contributed by atoms with Gasteiger partial charge in [-0.05, 0) is 172 Å². The van der Waals surface area contributed by atoms with Gasteiger partial charge in [0.1, 0.15) is 84.3 Å². The van der Waals surface area contributed by atoms with Gasteiger partial charge in [-0.3, -0.25) is 82.7 Å². The first-order chi connectivity index (χ1) is 62.4. The van der Waals surface area contributed by atoms with Crippen molar-refractivity contribution in [1.82, 2.24) is 89.7 Å². The maximum atomic E-state index is 14.8. The largest absolute Gasteiger partial charge is 0.508 e. The number of amides is 14. The minimum atomic E-state index is -2.10. The molecule has 131 heavy (non-hydrogen) atoms. The number of unbranched alkanes of at least 4 members (excludes halogenated alkanes) is 15. The molecular weight excluding hydrogens is 1720 g/mol. The molecule has 44 nitrogen and oxygen atoms in total. The molecule has 45 heteroatoms. The molecule has 1 aromatic carbocycles. The lowest BCUT2D eigenvalue weighted by atomic mass is 10.0. The molecule has 740 valence electrons. The fourth-order valence-electron chi connectivity index (χ4n) is 13.9. The third-order valence-electron chi connectivity index (χ3n) is 21.4. The van der Waals surface area contributed by atoms with E-state index < -0.39 is 192 Å². The highest BCUT2D eigenvalue weighted by Crippen LogP contribution is 2.18. The van der Waals surface area contributed by atoms with Crippen molar-refractivity contribution in [2.75, 3.05) is 51.3 Å². The predicted octanol–water partition coefficient (Wildman–Crippen LogP) is -2.25. The fraction of sp³-hybridized carbons (Fsp3) is 0.698. The second-order valence-electron chi connectivity index (χ2n) is 33.2. The molecule has 2 rings (SSSR count). The van der Waals surface area contributed by atoms with Gasteiger partial charge in [-0.2, -0.15) is 11.8 Å². The van der Waals surface area contributed by atoms with Crippen LogP contribution >= 0.6 is 11.8 Å². The summed E-state index contributed by atoms with van der Waals surface area (Å²) in [6.45, 7) is 7.68. The molecule has 0 aliphatic carbocycles. The summed E-state index contributed by atoms with van der Waals surface area (Å²) in [5.74, 6) is -16.2. The summed E-state index contributed by atoms with van der Waals surface area (Å²) in [5, 5.41) is 95.6. The number of aliphatic hydroxyl groups excluding tert-OH is 2. The molecule has 0 saturated carbocycles. The summed E-state index contributed by atoms with van der Waals surface area (Å²) in [4.78, 5) is 218. The number of carboxylic acid groups (broad SMARTS) is 1. The number of phenolic OH excluding ortho intramolecular Hbond substituents is 1. The number of nitrogens with one attached hydrogen (secondary N) is 18. The van der Waals surface area contributed by atoms with E-state index in [1.807, 2.05) is 0 Å². The number of hydrogen-bond acceptors (Lipinski definition) is 25. The van der Waals surface area contributed by atoms with Gasteiger partial charge in [0.25, 0.3) is 0 Å². The number of H-pyrrole nitrogens is 1. The maximum Gasteiger partial charge on any atom is 0.305 e. The summed E-state index contributed by atoms with van der Waals surface area (Å²) in [7, 11) is 0. The first-order valence-corrected chi connectivity index (χ1v) is 47.1. The van der Waals surface area contributed by atoms with Crippen molar-refractivity contribution in [2.24, 2.45) is 40.3 Å². The lowest BCUT2D eigenvalue weighted by Gasteiger charge is -2.29. The van der Waals surface area contributed by atoms with Crippen LogP contribution in [0.3, 0.4) is 0 Å². The normalized spacial score (nSPS) is 14.4. The number of guanidine groups is 2. The smallest absolute Gasteiger partial charge is 0.305 e. The Kier molecular flexibility index (Phi) is 59.5. The number of primary amides is 1. The van der Waals surface area contributed by atoms with Crippen molar-refractivity contribution in [3.05, 3.63) is 48.0 Å². The van der Waals surface area contributed by atoms with E-state index in [4.69, 9.17) is 45.2 Å². The molecule has 0 bridgehead atoms. The van der Waals surface area contributed by atoms with Crippen molar-refractivity contribution in [3.8, 4) is 5.75 Å². The molecule has 0 unspecified atom stereocenters. The summed E-state index contributed by atoms with van der Waals surface area (Å²) in [6.07, 6.45) is 17.8. The van der Waals surface area contributed by atoms with Crippen LogP contribution in [0.2, 0.25) is 0 Å². The molecule has 34 N–H and O–H groups in total. The Hall–Kier alpha value is -11.0. The van der Waals surface area contributed by atoms with Crippen LogP contribution in [0.1, 0.15) is 239 Å². The number of carbonyl (C=O) groups excluding carboxylic acids is 14. The van der Waals surface area contributed by atoms with Crippen molar-refractivity contribution in [3.63, 3.8) is 0 Å². The number of benzene rings is 1. The number of hydrogen-bond donors (Lipinski definition) is 28. The Bertz CT molecular complexity index is 3830. The average molecular weight is 1870 g/mol. The van der Waals surface area contributed by atoms with Crippen LogP contribution in [0, 0.1) is 16.7 Å². The van der Waals surface area contributed by atoms with E-state index in [0.29, 0.717) is 49.9 Å². The molecule has 2 aromatic rings. The molecule has 0 radical (unpaired) electrons. The molecular formula is C86H151N25O19S. The number of thioether (sulfide) groups is 1. The Morgan fingerprint density at radius 1 is 0.435 bits per heavy atom. The molecule has 0 spiro atoms. The van der Waals surface area contributed by atoms with Gasteiger partial charge >= 0.3 is 5.97 Å². The van der Waals surface area contributed by atoms with Gasteiger partial charge in [0, 0.05) is 38.5 Å². The number of nitrogens with two attached hydrogens (primary N) is 6. The quantitative estimate of drug-likeness (QED) is 0.0189. The molecule has 0 aliphatic rings. The average Bonchev–Trinajstić information content (AvgIpc) is 1.49. The number of imidazole rings is 1. The van der Waals surface area contributed by atoms with Crippen LogP contribution < -0.4 is 114 Å². The highest BCUT2D eigenvalue weighted by molar-refractivity contribution is 7.98. The number of carbonyl (C=O) groups is 15. The topological polar surface area (TPSA) is 750 Å². The minimum absolute atomic E-state index is 0.00233. The summed E-state index contributed by atoms with van der Waals surface area (Å²) < 4.78 is 0. The highest BCUT2D eigenvalue weighted by atomic mass is 32.2. The minimum Gasteiger partial charge on any atom is -0.508 e. The zero-order valence-electron chi connectivity index (χ0n) is 76.9. The van der Waals surface area contributed by atoms with E-state index in [1.54, 1.807) is 20.1 Å². The number of carboxylic acids is 1. The van der Waals surface area contributed by atoms with Crippen LogP contribution in [0.5, 0.6) is 5.75 Å². The molecule has 0 saturated heterocycles. The molecule has 0 fully saturated rings. The molecule has 1 aromatic heterocycles. The molecule has 14 atom stereocenters. The second-order valence-corrected chi connectivity index (χ2v) is 34.2. The number of aromatic amines is 1. The lowest BCUT2D eigenvalue weighted by molar-refractivity contribution is -0.142. The van der Waals surface area contributed by atoms with E-state index >= 15 is 0 Å². The van der Waals surface area contributed by atoms with E-state index in [9.17, 15) is 92.3 Å². The third-order valence-corrected chi connectivity index (χ3v) is 22.0. The molecule has 14 amide bonds. The van der Waals surface area contributed by atoms with Crippen LogP contribution in [0.15, 0.2) is 36.8 Å². The zero-order chi connectivity index (χ0) is 97.8. The van der Waals surface area contributed by atoms with Gasteiger partial charge < -0.3 is 140 Å². The third kappa shape index (κ3) is 50.3. The maximum absolute atomic E-state index is 14.8. The van der Waals surface area contributed by atoms with Gasteiger partial charge in [0.05, 0.1) is 31.2 Å². The predicted molar refractivity (Wildman–Crippen MR) is 495 cm³/mol. The summed E-state index contributed by atoms with van der Waals surface area (Å²) in [5.41, 5.74) is 34.9. The Balaban J connectivity index is 2.45. The number of aliphatic carboxylic acids is 1. The van der Waals surface area contributed by atoms with E-state index in [0.717, 1.165) is 32.6 Å². The van der Waals surface area contributed by atoms with E-state index in [-0.39, 0.29) is 139 Å². The van der Waals surface area contributed by atoms with Gasteiger partial charge in [0.2, 0.25) is 82.7 Å². The van der Waals surface area contributed by atoms with E-state index in [1.165, 1.54) is 107 Å². The van der Waals surface area contributed by atoms with E-state index in [2.05, 4.69) is 96.6 Å². The monoisotopic (exact) mass is 1870 g/mol. The number of rotatable bonds is 73. The van der Waals surface area contributed by atoms with Crippen LogP contribution in [0.4, 0.5) is 0 Å². The highest BCUT2D eigenvalue weighted by Gasteiger charge is 2.39. The Morgan fingerprint density at radius 2 is 0.817 bits per heavy atom. The Morgan fingerprint density at radius 3 is 1.24 bits per heavy atom. The summed E-state index contributed by atoms with van der Waals surface area (Å²) >= 11 is 1.20.